The summed E-state index contributed by atoms with van der Waals surface area (Å²) in [7, 11) is 1.59. The maximum atomic E-state index is 6.20. The minimum Gasteiger partial charge on any atom is -0.481 e. The van der Waals surface area contributed by atoms with E-state index in [1.807, 2.05) is 6.07 Å². The highest BCUT2D eigenvalue weighted by Crippen LogP contribution is 2.42. The van der Waals surface area contributed by atoms with E-state index in [1.54, 1.807) is 19.4 Å². The normalized spacial score (nSPS) is 14.5. The second kappa shape index (κ2) is 5.20. The standard InChI is InChI=1S/C13H11ClIN3O/c1-19-9-5-4-8(6-16-9)13-17-11(7-2-3-7)10(15)12(14)18-13/h4-7H,2-3H2,1H3. The molecule has 2 aromatic heterocycles. The molecule has 2 aromatic rings. The fourth-order valence-corrected chi connectivity index (χ4v) is 2.68. The van der Waals surface area contributed by atoms with Crippen molar-refractivity contribution >= 4 is 34.2 Å². The van der Waals surface area contributed by atoms with Crippen molar-refractivity contribution in [3.8, 4) is 17.3 Å². The molecule has 4 nitrogen and oxygen atoms in total. The van der Waals surface area contributed by atoms with Gasteiger partial charge in [-0.15, -0.1) is 0 Å². The monoisotopic (exact) mass is 387 g/mol. The molecule has 1 fully saturated rings. The van der Waals surface area contributed by atoms with Gasteiger partial charge in [0.1, 0.15) is 5.15 Å². The summed E-state index contributed by atoms with van der Waals surface area (Å²) >= 11 is 8.41. The van der Waals surface area contributed by atoms with Crippen molar-refractivity contribution in [1.82, 2.24) is 15.0 Å². The maximum Gasteiger partial charge on any atom is 0.212 e. The smallest absolute Gasteiger partial charge is 0.212 e. The number of ether oxygens (including phenoxy) is 1. The van der Waals surface area contributed by atoms with Crippen LogP contribution in [0.15, 0.2) is 18.3 Å². The number of aromatic nitrogens is 3. The van der Waals surface area contributed by atoms with Crippen molar-refractivity contribution in [1.29, 1.82) is 0 Å². The lowest BCUT2D eigenvalue weighted by Crippen LogP contribution is -2.00. The lowest BCUT2D eigenvalue weighted by molar-refractivity contribution is 0.398. The molecule has 0 bridgehead atoms. The molecule has 2 heterocycles. The van der Waals surface area contributed by atoms with Crippen molar-refractivity contribution < 1.29 is 4.74 Å². The molecule has 0 spiro atoms. The zero-order chi connectivity index (χ0) is 13.4. The molecule has 0 aromatic carbocycles. The molecule has 0 saturated heterocycles. The first kappa shape index (κ1) is 13.1. The van der Waals surface area contributed by atoms with Gasteiger partial charge in [0.15, 0.2) is 5.82 Å². The summed E-state index contributed by atoms with van der Waals surface area (Å²) in [5, 5.41) is 0.517. The van der Waals surface area contributed by atoms with E-state index in [2.05, 4.69) is 37.5 Å². The molecular weight excluding hydrogens is 377 g/mol. The SMILES string of the molecule is COc1ccc(-c2nc(Cl)c(I)c(C3CC3)n2)cn1. The van der Waals surface area contributed by atoms with Gasteiger partial charge in [0.05, 0.1) is 16.4 Å². The molecule has 0 radical (unpaired) electrons. The summed E-state index contributed by atoms with van der Waals surface area (Å²) in [5.74, 6) is 1.74. The second-order valence-corrected chi connectivity index (χ2v) is 5.84. The van der Waals surface area contributed by atoms with Crippen LogP contribution in [0.1, 0.15) is 24.5 Å². The molecule has 0 aliphatic heterocycles. The molecule has 0 amide bonds. The first-order valence-electron chi connectivity index (χ1n) is 5.92. The van der Waals surface area contributed by atoms with Gasteiger partial charge in [-0.2, -0.15) is 0 Å². The topological polar surface area (TPSA) is 47.9 Å². The van der Waals surface area contributed by atoms with E-state index in [9.17, 15) is 0 Å². The van der Waals surface area contributed by atoms with Crippen LogP contribution in [0.25, 0.3) is 11.4 Å². The molecule has 1 aliphatic rings. The Kier molecular flexibility index (Phi) is 3.58. The zero-order valence-corrected chi connectivity index (χ0v) is 13.1. The third-order valence-electron chi connectivity index (χ3n) is 3.00. The molecule has 6 heteroatoms. The number of rotatable bonds is 3. The zero-order valence-electron chi connectivity index (χ0n) is 10.2. The summed E-state index contributed by atoms with van der Waals surface area (Å²) < 4.78 is 6.01. The van der Waals surface area contributed by atoms with E-state index >= 15 is 0 Å². The van der Waals surface area contributed by atoms with Gasteiger partial charge < -0.3 is 4.74 Å². The van der Waals surface area contributed by atoms with E-state index in [0.29, 0.717) is 22.8 Å². The van der Waals surface area contributed by atoms with Gasteiger partial charge in [-0.05, 0) is 41.5 Å². The van der Waals surface area contributed by atoms with E-state index in [1.165, 1.54) is 12.8 Å². The van der Waals surface area contributed by atoms with Crippen molar-refractivity contribution in [3.63, 3.8) is 0 Å². The summed E-state index contributed by atoms with van der Waals surface area (Å²) in [4.78, 5) is 13.1. The number of hydrogen-bond acceptors (Lipinski definition) is 4. The lowest BCUT2D eigenvalue weighted by atomic mass is 10.2. The molecule has 1 saturated carbocycles. The van der Waals surface area contributed by atoms with Crippen LogP contribution in [0.2, 0.25) is 5.15 Å². The number of methoxy groups -OCH3 is 1. The Balaban J connectivity index is 2.03. The quantitative estimate of drug-likeness (QED) is 0.595. The predicted octanol–water partition coefficient (Wildman–Crippen LogP) is 3.68. The van der Waals surface area contributed by atoms with Crippen LogP contribution in [0.4, 0.5) is 0 Å². The van der Waals surface area contributed by atoms with Crippen LogP contribution in [0, 0.1) is 3.57 Å². The Morgan fingerprint density at radius 3 is 2.68 bits per heavy atom. The fraction of sp³-hybridized carbons (Fsp3) is 0.308. The summed E-state index contributed by atoms with van der Waals surface area (Å²) in [6.07, 6.45) is 4.07. The Labute approximate surface area is 129 Å². The first-order chi connectivity index (χ1) is 9.19. The van der Waals surface area contributed by atoms with Gasteiger partial charge in [-0.3, -0.25) is 0 Å². The van der Waals surface area contributed by atoms with Gasteiger partial charge in [-0.1, -0.05) is 11.6 Å². The van der Waals surface area contributed by atoms with Crippen molar-refractivity contribution in [2.24, 2.45) is 0 Å². The number of hydrogen-bond donors (Lipinski definition) is 0. The molecule has 0 atom stereocenters. The van der Waals surface area contributed by atoms with E-state index in [4.69, 9.17) is 16.3 Å². The van der Waals surface area contributed by atoms with E-state index < -0.39 is 0 Å². The highest BCUT2D eigenvalue weighted by Gasteiger charge is 2.29. The summed E-state index contributed by atoms with van der Waals surface area (Å²) in [6.45, 7) is 0. The molecule has 0 N–H and O–H groups in total. The number of halogens is 2. The van der Waals surface area contributed by atoms with Crippen LogP contribution in [-0.2, 0) is 0 Å². The third kappa shape index (κ3) is 2.67. The van der Waals surface area contributed by atoms with Gasteiger partial charge >= 0.3 is 0 Å². The van der Waals surface area contributed by atoms with E-state index in [-0.39, 0.29) is 0 Å². The molecule has 19 heavy (non-hydrogen) atoms. The minimum absolute atomic E-state index is 0.517. The van der Waals surface area contributed by atoms with Crippen LogP contribution in [0.3, 0.4) is 0 Å². The van der Waals surface area contributed by atoms with Gasteiger partial charge in [0.2, 0.25) is 5.88 Å². The maximum absolute atomic E-state index is 6.20. The highest BCUT2D eigenvalue weighted by atomic mass is 127. The third-order valence-corrected chi connectivity index (χ3v) is 4.66. The molecule has 98 valence electrons. The van der Waals surface area contributed by atoms with Crippen molar-refractivity contribution in [3.05, 3.63) is 32.7 Å². The van der Waals surface area contributed by atoms with Crippen LogP contribution in [-0.4, -0.2) is 22.1 Å². The Morgan fingerprint density at radius 2 is 2.11 bits per heavy atom. The fourth-order valence-electron chi connectivity index (χ4n) is 1.83. The van der Waals surface area contributed by atoms with Crippen LogP contribution < -0.4 is 4.74 Å². The highest BCUT2D eigenvalue weighted by molar-refractivity contribution is 14.1. The van der Waals surface area contributed by atoms with Crippen molar-refractivity contribution in [2.75, 3.05) is 7.11 Å². The van der Waals surface area contributed by atoms with Gasteiger partial charge in [-0.25, -0.2) is 15.0 Å². The van der Waals surface area contributed by atoms with E-state index in [0.717, 1.165) is 14.8 Å². The molecule has 3 rings (SSSR count). The first-order valence-corrected chi connectivity index (χ1v) is 7.38. The number of nitrogens with zero attached hydrogens (tertiary/aromatic N) is 3. The molecule has 1 aliphatic carbocycles. The largest absolute Gasteiger partial charge is 0.481 e. The average Bonchev–Trinajstić information content (AvgIpc) is 3.26. The summed E-state index contributed by atoms with van der Waals surface area (Å²) in [6, 6.07) is 3.68. The minimum atomic E-state index is 0.517. The van der Waals surface area contributed by atoms with Gasteiger partial charge in [0, 0.05) is 23.7 Å². The predicted molar refractivity (Wildman–Crippen MR) is 81.5 cm³/mol. The molecular formula is C13H11ClIN3O. The van der Waals surface area contributed by atoms with Gasteiger partial charge in [0.25, 0.3) is 0 Å². The molecule has 0 unspecified atom stereocenters. The Bertz CT molecular complexity index is 614. The Hall–Kier alpha value is -0.950. The second-order valence-electron chi connectivity index (χ2n) is 4.40. The number of pyridine rings is 1. The Morgan fingerprint density at radius 1 is 1.32 bits per heavy atom. The van der Waals surface area contributed by atoms with Crippen molar-refractivity contribution in [2.45, 2.75) is 18.8 Å². The summed E-state index contributed by atoms with van der Waals surface area (Å²) in [5.41, 5.74) is 1.91. The van der Waals surface area contributed by atoms with Crippen LogP contribution >= 0.6 is 34.2 Å². The lowest BCUT2D eigenvalue weighted by Gasteiger charge is -2.07. The average molecular weight is 388 g/mol. The van der Waals surface area contributed by atoms with Crippen LogP contribution in [0.5, 0.6) is 5.88 Å².